The standard InChI is InChI=1S/C14H17F4N/c1-13(15)5-6-19-9-12(13)8-10-3-2-4-11(7-10)14(16,17)18/h2-4,7,12,19H,5-6,8-9H2,1H3. The van der Waals surface area contributed by atoms with Crippen LogP contribution in [-0.4, -0.2) is 18.8 Å². The zero-order valence-electron chi connectivity index (χ0n) is 10.7. The number of nitrogens with one attached hydrogen (secondary N) is 1. The van der Waals surface area contributed by atoms with Crippen LogP contribution in [0.15, 0.2) is 24.3 Å². The summed E-state index contributed by atoms with van der Waals surface area (Å²) in [5.74, 6) is -0.287. The summed E-state index contributed by atoms with van der Waals surface area (Å²) in [7, 11) is 0. The maximum Gasteiger partial charge on any atom is 0.416 e. The Balaban J connectivity index is 2.15. The third kappa shape index (κ3) is 3.47. The lowest BCUT2D eigenvalue weighted by molar-refractivity contribution is -0.137. The first-order valence-corrected chi connectivity index (χ1v) is 6.35. The van der Waals surface area contributed by atoms with Crippen molar-refractivity contribution in [3.05, 3.63) is 35.4 Å². The molecule has 1 N–H and O–H groups in total. The molecular weight excluding hydrogens is 258 g/mol. The Morgan fingerprint density at radius 2 is 2.11 bits per heavy atom. The Morgan fingerprint density at radius 1 is 1.37 bits per heavy atom. The topological polar surface area (TPSA) is 12.0 Å². The van der Waals surface area contributed by atoms with E-state index in [1.54, 1.807) is 6.07 Å². The fourth-order valence-electron chi connectivity index (χ4n) is 2.47. The van der Waals surface area contributed by atoms with Crippen LogP contribution in [0.5, 0.6) is 0 Å². The highest BCUT2D eigenvalue weighted by Crippen LogP contribution is 2.33. The van der Waals surface area contributed by atoms with Gasteiger partial charge in [0.2, 0.25) is 0 Å². The van der Waals surface area contributed by atoms with Gasteiger partial charge >= 0.3 is 6.18 Å². The lowest BCUT2D eigenvalue weighted by Gasteiger charge is -2.35. The predicted octanol–water partition coefficient (Wildman–Crippen LogP) is 3.59. The van der Waals surface area contributed by atoms with Crippen molar-refractivity contribution in [1.29, 1.82) is 0 Å². The van der Waals surface area contributed by atoms with Crippen LogP contribution in [0, 0.1) is 5.92 Å². The van der Waals surface area contributed by atoms with Gasteiger partial charge < -0.3 is 5.32 Å². The first kappa shape index (κ1) is 14.3. The molecule has 2 rings (SSSR count). The highest BCUT2D eigenvalue weighted by Gasteiger charge is 2.37. The molecule has 0 amide bonds. The molecule has 1 fully saturated rings. The number of benzene rings is 1. The number of hydrogen-bond donors (Lipinski definition) is 1. The van der Waals surface area contributed by atoms with E-state index in [2.05, 4.69) is 5.32 Å². The van der Waals surface area contributed by atoms with Crippen LogP contribution in [0.25, 0.3) is 0 Å². The van der Waals surface area contributed by atoms with Crippen molar-refractivity contribution in [3.8, 4) is 0 Å². The van der Waals surface area contributed by atoms with Crippen LogP contribution < -0.4 is 5.32 Å². The van der Waals surface area contributed by atoms with Gasteiger partial charge in [0.25, 0.3) is 0 Å². The highest BCUT2D eigenvalue weighted by atomic mass is 19.4. The molecule has 2 unspecified atom stereocenters. The second-order valence-electron chi connectivity index (χ2n) is 5.33. The SMILES string of the molecule is CC1(F)CCNCC1Cc1cccc(C(F)(F)F)c1. The summed E-state index contributed by atoms with van der Waals surface area (Å²) >= 11 is 0. The molecule has 1 nitrogen and oxygen atoms in total. The van der Waals surface area contributed by atoms with E-state index in [9.17, 15) is 17.6 Å². The Hall–Kier alpha value is -1.10. The molecule has 0 aromatic heterocycles. The predicted molar refractivity (Wildman–Crippen MR) is 65.6 cm³/mol. The molecule has 0 spiro atoms. The van der Waals surface area contributed by atoms with Crippen molar-refractivity contribution in [2.75, 3.05) is 13.1 Å². The second-order valence-corrected chi connectivity index (χ2v) is 5.33. The summed E-state index contributed by atoms with van der Waals surface area (Å²) in [4.78, 5) is 0. The molecular formula is C14H17F4N. The molecule has 1 heterocycles. The summed E-state index contributed by atoms with van der Waals surface area (Å²) in [5, 5.41) is 3.09. The van der Waals surface area contributed by atoms with Crippen molar-refractivity contribution in [1.82, 2.24) is 5.32 Å². The zero-order valence-corrected chi connectivity index (χ0v) is 10.7. The van der Waals surface area contributed by atoms with Gasteiger partial charge in [0.1, 0.15) is 5.67 Å². The number of piperidine rings is 1. The van der Waals surface area contributed by atoms with Crippen molar-refractivity contribution in [2.45, 2.75) is 31.6 Å². The van der Waals surface area contributed by atoms with Gasteiger partial charge in [0.15, 0.2) is 0 Å². The van der Waals surface area contributed by atoms with Crippen LogP contribution in [-0.2, 0) is 12.6 Å². The molecule has 1 aromatic carbocycles. The maximum absolute atomic E-state index is 14.3. The molecule has 5 heteroatoms. The minimum atomic E-state index is -4.35. The molecule has 2 atom stereocenters. The van der Waals surface area contributed by atoms with E-state index in [-0.39, 0.29) is 5.92 Å². The van der Waals surface area contributed by atoms with E-state index >= 15 is 0 Å². The molecule has 0 radical (unpaired) electrons. The van der Waals surface area contributed by atoms with Crippen molar-refractivity contribution in [2.24, 2.45) is 5.92 Å². The fraction of sp³-hybridized carbons (Fsp3) is 0.571. The van der Waals surface area contributed by atoms with Gasteiger partial charge in [-0.2, -0.15) is 13.2 Å². The normalized spacial score (nSPS) is 28.4. The lowest BCUT2D eigenvalue weighted by atomic mass is 9.81. The molecule has 1 aliphatic heterocycles. The third-order valence-corrected chi connectivity index (χ3v) is 3.77. The monoisotopic (exact) mass is 275 g/mol. The van der Waals surface area contributed by atoms with E-state index in [1.807, 2.05) is 0 Å². The average molecular weight is 275 g/mol. The summed E-state index contributed by atoms with van der Waals surface area (Å²) < 4.78 is 52.1. The highest BCUT2D eigenvalue weighted by molar-refractivity contribution is 5.26. The van der Waals surface area contributed by atoms with Gasteiger partial charge in [-0.25, -0.2) is 4.39 Å². The van der Waals surface area contributed by atoms with Gasteiger partial charge in [-0.15, -0.1) is 0 Å². The zero-order chi connectivity index (χ0) is 14.1. The average Bonchev–Trinajstić information content (AvgIpc) is 2.31. The Kier molecular flexibility index (Phi) is 3.85. The van der Waals surface area contributed by atoms with E-state index in [0.717, 1.165) is 12.1 Å². The van der Waals surface area contributed by atoms with Crippen molar-refractivity contribution < 1.29 is 17.6 Å². The minimum Gasteiger partial charge on any atom is -0.316 e. The molecule has 1 aliphatic rings. The smallest absolute Gasteiger partial charge is 0.316 e. The molecule has 1 saturated heterocycles. The summed E-state index contributed by atoms with van der Waals surface area (Å²) in [6, 6.07) is 5.16. The molecule has 0 bridgehead atoms. The van der Waals surface area contributed by atoms with Gasteiger partial charge in [-0.05, 0) is 37.9 Å². The summed E-state index contributed by atoms with van der Waals surface area (Å²) in [5.41, 5.74) is -1.46. The van der Waals surface area contributed by atoms with Gasteiger partial charge in [0.05, 0.1) is 5.56 Å². The molecule has 106 valence electrons. The Morgan fingerprint density at radius 3 is 2.74 bits per heavy atom. The molecule has 0 aliphatic carbocycles. The van der Waals surface area contributed by atoms with Crippen LogP contribution in [0.3, 0.4) is 0 Å². The van der Waals surface area contributed by atoms with Crippen LogP contribution in [0.4, 0.5) is 17.6 Å². The number of halogens is 4. The van der Waals surface area contributed by atoms with Crippen molar-refractivity contribution in [3.63, 3.8) is 0 Å². The first-order valence-electron chi connectivity index (χ1n) is 6.35. The Bertz CT molecular complexity index is 439. The first-order chi connectivity index (χ1) is 8.79. The van der Waals surface area contributed by atoms with Crippen molar-refractivity contribution >= 4 is 0 Å². The second kappa shape index (κ2) is 5.12. The Labute approximate surface area is 110 Å². The molecule has 19 heavy (non-hydrogen) atoms. The van der Waals surface area contributed by atoms with E-state index in [4.69, 9.17) is 0 Å². The third-order valence-electron chi connectivity index (χ3n) is 3.77. The number of rotatable bonds is 2. The largest absolute Gasteiger partial charge is 0.416 e. The van der Waals surface area contributed by atoms with Gasteiger partial charge in [0, 0.05) is 12.5 Å². The summed E-state index contributed by atoms with van der Waals surface area (Å²) in [6.07, 6.45) is -3.62. The lowest BCUT2D eigenvalue weighted by Crippen LogP contribution is -2.46. The number of alkyl halides is 4. The van der Waals surface area contributed by atoms with Crippen LogP contribution in [0.1, 0.15) is 24.5 Å². The van der Waals surface area contributed by atoms with Gasteiger partial charge in [-0.1, -0.05) is 18.2 Å². The summed E-state index contributed by atoms with van der Waals surface area (Å²) in [6.45, 7) is 2.65. The van der Waals surface area contributed by atoms with Crippen LogP contribution >= 0.6 is 0 Å². The van der Waals surface area contributed by atoms with E-state index in [0.29, 0.717) is 31.5 Å². The quantitative estimate of drug-likeness (QED) is 0.813. The molecule has 1 aromatic rings. The fourth-order valence-corrected chi connectivity index (χ4v) is 2.47. The molecule has 0 saturated carbocycles. The van der Waals surface area contributed by atoms with Gasteiger partial charge in [-0.3, -0.25) is 0 Å². The minimum absolute atomic E-state index is 0.287. The maximum atomic E-state index is 14.3. The van der Waals surface area contributed by atoms with E-state index in [1.165, 1.54) is 13.0 Å². The van der Waals surface area contributed by atoms with Crippen LogP contribution in [0.2, 0.25) is 0 Å². The van der Waals surface area contributed by atoms with E-state index < -0.39 is 17.4 Å². The number of hydrogen-bond acceptors (Lipinski definition) is 1.